The van der Waals surface area contributed by atoms with E-state index in [4.69, 9.17) is 0 Å². The summed E-state index contributed by atoms with van der Waals surface area (Å²) in [5.41, 5.74) is -0.617. The van der Waals surface area contributed by atoms with Crippen LogP contribution < -0.4 is 10.6 Å². The summed E-state index contributed by atoms with van der Waals surface area (Å²) in [6, 6.07) is -0.263. The van der Waals surface area contributed by atoms with E-state index in [1.807, 2.05) is 13.8 Å². The van der Waals surface area contributed by atoms with Crippen LogP contribution in [-0.2, 0) is 4.79 Å². The largest absolute Gasteiger partial charge is 0.481 e. The van der Waals surface area contributed by atoms with E-state index in [0.29, 0.717) is 19.4 Å². The van der Waals surface area contributed by atoms with Gasteiger partial charge < -0.3 is 15.7 Å². The van der Waals surface area contributed by atoms with Gasteiger partial charge in [0.25, 0.3) is 0 Å². The fraction of sp³-hybridized carbons (Fsp3) is 0.857. The number of hydrogen-bond acceptors (Lipinski definition) is 2. The van der Waals surface area contributed by atoms with Crippen molar-refractivity contribution >= 4 is 12.0 Å². The van der Waals surface area contributed by atoms with Crippen molar-refractivity contribution in [2.45, 2.75) is 52.9 Å². The molecule has 1 aliphatic rings. The van der Waals surface area contributed by atoms with E-state index in [1.165, 1.54) is 6.42 Å². The molecule has 1 fully saturated rings. The second kappa shape index (κ2) is 6.26. The van der Waals surface area contributed by atoms with E-state index in [9.17, 15) is 14.7 Å². The number of hydrogen-bond donors (Lipinski definition) is 3. The molecule has 0 bridgehead atoms. The van der Waals surface area contributed by atoms with Crippen molar-refractivity contribution in [3.05, 3.63) is 0 Å². The van der Waals surface area contributed by atoms with E-state index in [0.717, 1.165) is 12.8 Å². The third-order valence-electron chi connectivity index (χ3n) is 4.63. The Kier molecular flexibility index (Phi) is 5.20. The highest BCUT2D eigenvalue weighted by Crippen LogP contribution is 2.39. The monoisotopic (exact) mass is 270 g/mol. The number of carboxylic acid groups (broad SMARTS) is 1. The smallest absolute Gasteiger partial charge is 0.314 e. The van der Waals surface area contributed by atoms with E-state index >= 15 is 0 Å². The number of amides is 2. The van der Waals surface area contributed by atoms with Crippen LogP contribution in [-0.4, -0.2) is 30.2 Å². The number of nitrogens with one attached hydrogen (secondary N) is 2. The number of carboxylic acids is 1. The minimum atomic E-state index is -0.849. The predicted molar refractivity (Wildman–Crippen MR) is 74.0 cm³/mol. The number of carbonyl (C=O) groups excluding carboxylic acids is 1. The zero-order valence-electron chi connectivity index (χ0n) is 12.2. The summed E-state index contributed by atoms with van der Waals surface area (Å²) in [7, 11) is 0. The zero-order valence-corrected chi connectivity index (χ0v) is 12.2. The number of carbonyl (C=O) groups is 2. The lowest BCUT2D eigenvalue weighted by molar-refractivity contribution is -0.149. The number of urea groups is 1. The molecule has 19 heavy (non-hydrogen) atoms. The van der Waals surface area contributed by atoms with Gasteiger partial charge in [-0.25, -0.2) is 4.79 Å². The molecule has 0 radical (unpaired) electrons. The molecular weight excluding hydrogens is 244 g/mol. The van der Waals surface area contributed by atoms with Gasteiger partial charge in [0, 0.05) is 13.1 Å². The maximum Gasteiger partial charge on any atom is 0.314 e. The third-order valence-corrected chi connectivity index (χ3v) is 4.63. The minimum absolute atomic E-state index is 0.178. The predicted octanol–water partition coefficient (Wildman–Crippen LogP) is 2.37. The minimum Gasteiger partial charge on any atom is -0.481 e. The topological polar surface area (TPSA) is 78.4 Å². The third kappa shape index (κ3) is 3.85. The fourth-order valence-corrected chi connectivity index (χ4v) is 2.44. The van der Waals surface area contributed by atoms with Gasteiger partial charge in [0.2, 0.25) is 0 Å². The first-order valence-electron chi connectivity index (χ1n) is 7.12. The molecule has 1 saturated carbocycles. The van der Waals surface area contributed by atoms with E-state index in [-0.39, 0.29) is 18.0 Å². The molecule has 0 heterocycles. The highest BCUT2D eigenvalue weighted by Gasteiger charge is 2.35. The van der Waals surface area contributed by atoms with Crippen LogP contribution in [0.15, 0.2) is 0 Å². The second-order valence-electron chi connectivity index (χ2n) is 5.99. The SMILES string of the molecule is CCC(CC)(CNC(=O)NCC1(C)CCC1)C(=O)O. The molecule has 0 aromatic rings. The molecule has 1 aliphatic carbocycles. The molecule has 2 amide bonds. The van der Waals surface area contributed by atoms with Gasteiger partial charge in [-0.05, 0) is 31.1 Å². The lowest BCUT2D eigenvalue weighted by Gasteiger charge is -2.38. The highest BCUT2D eigenvalue weighted by molar-refractivity contribution is 5.78. The van der Waals surface area contributed by atoms with E-state index in [2.05, 4.69) is 17.6 Å². The first-order chi connectivity index (χ1) is 8.87. The van der Waals surface area contributed by atoms with Gasteiger partial charge in [-0.1, -0.05) is 27.2 Å². The molecule has 0 aliphatic heterocycles. The van der Waals surface area contributed by atoms with Gasteiger partial charge in [-0.3, -0.25) is 4.79 Å². The van der Waals surface area contributed by atoms with Gasteiger partial charge >= 0.3 is 12.0 Å². The summed E-state index contributed by atoms with van der Waals surface area (Å²) < 4.78 is 0. The highest BCUT2D eigenvalue weighted by atomic mass is 16.4. The van der Waals surface area contributed by atoms with Gasteiger partial charge in [0.1, 0.15) is 0 Å². The Morgan fingerprint density at radius 1 is 1.21 bits per heavy atom. The zero-order chi connectivity index (χ0) is 14.5. The molecule has 1 rings (SSSR count). The maximum atomic E-state index is 11.7. The summed E-state index contributed by atoms with van der Waals surface area (Å²) in [4.78, 5) is 23.0. The number of aliphatic carboxylic acids is 1. The molecule has 5 nitrogen and oxygen atoms in total. The van der Waals surface area contributed by atoms with Crippen LogP contribution in [0.3, 0.4) is 0 Å². The first-order valence-corrected chi connectivity index (χ1v) is 7.12. The lowest BCUT2D eigenvalue weighted by Crippen LogP contribution is -2.48. The first kappa shape index (κ1) is 15.8. The van der Waals surface area contributed by atoms with Crippen molar-refractivity contribution in [1.29, 1.82) is 0 Å². The van der Waals surface area contributed by atoms with Crippen LogP contribution in [0.1, 0.15) is 52.9 Å². The Bertz CT molecular complexity index is 334. The van der Waals surface area contributed by atoms with Gasteiger partial charge in [-0.15, -0.1) is 0 Å². The molecule has 0 aromatic carbocycles. The number of rotatable bonds is 7. The molecule has 0 atom stereocenters. The van der Waals surface area contributed by atoms with Crippen LogP contribution in [0.5, 0.6) is 0 Å². The molecule has 5 heteroatoms. The Morgan fingerprint density at radius 3 is 2.16 bits per heavy atom. The summed E-state index contributed by atoms with van der Waals surface area (Å²) >= 11 is 0. The van der Waals surface area contributed by atoms with Gasteiger partial charge in [0.15, 0.2) is 0 Å². The molecule has 0 saturated heterocycles. The van der Waals surface area contributed by atoms with Gasteiger partial charge in [-0.2, -0.15) is 0 Å². The summed E-state index contributed by atoms with van der Waals surface area (Å²) in [6.07, 6.45) is 4.55. The van der Waals surface area contributed by atoms with Crippen LogP contribution in [0.25, 0.3) is 0 Å². The average molecular weight is 270 g/mol. The Morgan fingerprint density at radius 2 is 1.79 bits per heavy atom. The molecule has 110 valence electrons. The normalized spacial score (nSPS) is 17.4. The van der Waals surface area contributed by atoms with Gasteiger partial charge in [0.05, 0.1) is 5.41 Å². The van der Waals surface area contributed by atoms with Crippen LogP contribution in [0, 0.1) is 10.8 Å². The summed E-state index contributed by atoms with van der Waals surface area (Å²) in [5.74, 6) is -0.844. The molecule has 0 spiro atoms. The quantitative estimate of drug-likeness (QED) is 0.664. The van der Waals surface area contributed by atoms with Crippen molar-refractivity contribution in [3.63, 3.8) is 0 Å². The van der Waals surface area contributed by atoms with Crippen molar-refractivity contribution in [1.82, 2.24) is 10.6 Å². The summed E-state index contributed by atoms with van der Waals surface area (Å²) in [5, 5.41) is 14.8. The maximum absolute atomic E-state index is 11.7. The van der Waals surface area contributed by atoms with Crippen molar-refractivity contribution in [2.24, 2.45) is 10.8 Å². The molecule has 0 unspecified atom stereocenters. The standard InChI is InChI=1S/C14H26N2O3/c1-4-14(5-2,11(17)18)10-16-12(19)15-9-13(3)7-6-8-13/h4-10H2,1-3H3,(H,17,18)(H2,15,16,19). The molecular formula is C14H26N2O3. The van der Waals surface area contributed by atoms with Crippen LogP contribution >= 0.6 is 0 Å². The van der Waals surface area contributed by atoms with E-state index < -0.39 is 11.4 Å². The Balaban J connectivity index is 2.37. The van der Waals surface area contributed by atoms with Crippen LogP contribution in [0.4, 0.5) is 4.79 Å². The van der Waals surface area contributed by atoms with Crippen molar-refractivity contribution in [2.75, 3.05) is 13.1 Å². The Labute approximate surface area is 115 Å². The van der Waals surface area contributed by atoms with Crippen LogP contribution in [0.2, 0.25) is 0 Å². The fourth-order valence-electron chi connectivity index (χ4n) is 2.44. The summed E-state index contributed by atoms with van der Waals surface area (Å²) in [6.45, 7) is 6.69. The van der Waals surface area contributed by atoms with E-state index in [1.54, 1.807) is 0 Å². The average Bonchev–Trinajstić information content (AvgIpc) is 2.35. The molecule has 3 N–H and O–H groups in total. The van der Waals surface area contributed by atoms with Crippen molar-refractivity contribution < 1.29 is 14.7 Å². The second-order valence-corrected chi connectivity index (χ2v) is 5.99. The molecule has 0 aromatic heterocycles. The van der Waals surface area contributed by atoms with Crippen molar-refractivity contribution in [3.8, 4) is 0 Å². The lowest BCUT2D eigenvalue weighted by atomic mass is 9.70. The Hall–Kier alpha value is -1.26.